The van der Waals surface area contributed by atoms with Crippen LogP contribution in [-0.4, -0.2) is 28.8 Å². The van der Waals surface area contributed by atoms with Gasteiger partial charge in [0.15, 0.2) is 11.5 Å². The van der Waals surface area contributed by atoms with E-state index in [1.165, 1.54) is 57.6 Å². The van der Waals surface area contributed by atoms with Crippen LogP contribution in [-0.2, 0) is 22.4 Å². The number of aromatic hydroxyl groups is 1. The number of fused-ring (bicyclic) bond motifs is 2. The average Bonchev–Trinajstić information content (AvgIpc) is 3.27. The van der Waals surface area contributed by atoms with E-state index in [1.54, 1.807) is 12.3 Å². The highest BCUT2D eigenvalue weighted by molar-refractivity contribution is 6.00. The largest absolute Gasteiger partial charge is 0.504 e. The molecule has 1 aromatic heterocycles. The van der Waals surface area contributed by atoms with Crippen molar-refractivity contribution in [3.8, 4) is 23.3 Å². The minimum Gasteiger partial charge on any atom is -0.504 e. The quantitative estimate of drug-likeness (QED) is 0.185. The number of hydrogen-bond donors (Lipinski definition) is 2. The molecule has 49 heavy (non-hydrogen) atoms. The maximum absolute atomic E-state index is 14.2. The number of aromatic nitrogens is 1. The Bertz CT molecular complexity index is 1650. The number of methoxy groups -OCH3 is 1. The molecule has 2 fully saturated rings. The van der Waals surface area contributed by atoms with Gasteiger partial charge in [-0.05, 0) is 96.4 Å². The predicted molar refractivity (Wildman–Crippen MR) is 194 cm³/mol. The van der Waals surface area contributed by atoms with Gasteiger partial charge in [-0.2, -0.15) is 0 Å². The van der Waals surface area contributed by atoms with Gasteiger partial charge in [0.25, 0.3) is 0 Å². The van der Waals surface area contributed by atoms with Crippen LogP contribution in [0, 0.1) is 41.4 Å². The lowest BCUT2D eigenvalue weighted by atomic mass is 9.78. The molecule has 5 unspecified atom stereocenters. The van der Waals surface area contributed by atoms with Gasteiger partial charge in [-0.3, -0.25) is 9.59 Å². The number of Topliss-reactive ketones (excluding diaryl/α,β-unsaturated/α-hetero) is 2. The molecule has 0 radical (unpaired) electrons. The number of nitrogens with two attached hydrogens (primary N) is 1. The molecule has 6 nitrogen and oxygen atoms in total. The first kappa shape index (κ1) is 34.7. The molecule has 1 heterocycles. The molecule has 0 amide bonds. The summed E-state index contributed by atoms with van der Waals surface area (Å²) in [6.45, 7) is 0. The first-order valence-corrected chi connectivity index (χ1v) is 18.6. The van der Waals surface area contributed by atoms with E-state index in [1.807, 2.05) is 30.3 Å². The molecule has 3 aliphatic rings. The molecule has 258 valence electrons. The maximum atomic E-state index is 14.2. The van der Waals surface area contributed by atoms with Gasteiger partial charge >= 0.3 is 0 Å². The number of anilines is 1. The Morgan fingerprint density at radius 2 is 1.69 bits per heavy atom. The SMILES string of the molecule is COc1cc2c(cc1O)C(c1ccccc1)C#CC1CC(Cc3ccnc(N)c3)CC(CCCC3CCCCC3)CC1C(=O)CC(=O)CC2. The average molecular weight is 661 g/mol. The fourth-order valence-electron chi connectivity index (χ4n) is 8.89. The van der Waals surface area contributed by atoms with Crippen molar-refractivity contribution in [3.63, 3.8) is 0 Å². The molecule has 3 aromatic rings. The third kappa shape index (κ3) is 9.12. The summed E-state index contributed by atoms with van der Waals surface area (Å²) in [6.07, 6.45) is 16.3. The highest BCUT2D eigenvalue weighted by atomic mass is 16.5. The number of nitrogens with zero attached hydrogens (tertiary/aromatic N) is 1. The fraction of sp³-hybridized carbons (Fsp3) is 0.512. The Labute approximate surface area is 292 Å². The monoisotopic (exact) mass is 660 g/mol. The van der Waals surface area contributed by atoms with E-state index >= 15 is 0 Å². The Morgan fingerprint density at radius 1 is 0.898 bits per heavy atom. The van der Waals surface area contributed by atoms with Crippen molar-refractivity contribution in [2.45, 2.75) is 102 Å². The lowest BCUT2D eigenvalue weighted by molar-refractivity contribution is -0.130. The second-order valence-electron chi connectivity index (χ2n) is 14.9. The predicted octanol–water partition coefficient (Wildman–Crippen LogP) is 8.63. The number of hydrogen-bond acceptors (Lipinski definition) is 6. The molecule has 6 rings (SSSR count). The summed E-state index contributed by atoms with van der Waals surface area (Å²) in [7, 11) is 1.53. The topological polar surface area (TPSA) is 103 Å². The van der Waals surface area contributed by atoms with Crippen molar-refractivity contribution in [2.75, 3.05) is 12.8 Å². The second kappa shape index (κ2) is 16.5. The first-order chi connectivity index (χ1) is 23.9. The number of benzene rings is 2. The molecule has 2 saturated carbocycles. The summed E-state index contributed by atoms with van der Waals surface area (Å²) >= 11 is 0. The van der Waals surface area contributed by atoms with Crippen LogP contribution in [0.5, 0.6) is 11.5 Å². The van der Waals surface area contributed by atoms with Gasteiger partial charge < -0.3 is 15.6 Å². The lowest BCUT2D eigenvalue weighted by Crippen LogP contribution is -2.27. The van der Waals surface area contributed by atoms with Crippen molar-refractivity contribution in [1.82, 2.24) is 4.98 Å². The number of nitrogen functional groups attached to an aromatic ring is 1. The zero-order valence-corrected chi connectivity index (χ0v) is 29.0. The number of carbonyl (C=O) groups is 2. The number of carbonyl (C=O) groups excluding carboxylic acids is 2. The van der Waals surface area contributed by atoms with Gasteiger partial charge in [0, 0.05) is 24.5 Å². The van der Waals surface area contributed by atoms with E-state index in [0.29, 0.717) is 29.8 Å². The Balaban J connectivity index is 1.37. The highest BCUT2D eigenvalue weighted by Gasteiger charge is 2.37. The van der Waals surface area contributed by atoms with Crippen LogP contribution in [0.2, 0.25) is 0 Å². The molecule has 0 saturated heterocycles. The summed E-state index contributed by atoms with van der Waals surface area (Å²) in [5, 5.41) is 10.9. The molecular weight excluding hydrogens is 608 g/mol. The molecule has 0 bridgehead atoms. The van der Waals surface area contributed by atoms with E-state index in [4.69, 9.17) is 10.5 Å². The third-order valence-corrected chi connectivity index (χ3v) is 11.4. The van der Waals surface area contributed by atoms with Gasteiger partial charge in [-0.15, -0.1) is 0 Å². The molecule has 2 aromatic carbocycles. The summed E-state index contributed by atoms with van der Waals surface area (Å²) in [5.41, 5.74) is 10.1. The molecule has 3 aliphatic carbocycles. The van der Waals surface area contributed by atoms with Crippen molar-refractivity contribution < 1.29 is 19.4 Å². The Kier molecular flexibility index (Phi) is 11.7. The molecule has 0 spiro atoms. The maximum Gasteiger partial charge on any atom is 0.160 e. The van der Waals surface area contributed by atoms with E-state index < -0.39 is 0 Å². The molecule has 6 heteroatoms. The van der Waals surface area contributed by atoms with Crippen LogP contribution >= 0.6 is 0 Å². The van der Waals surface area contributed by atoms with Crippen molar-refractivity contribution in [3.05, 3.63) is 83.0 Å². The number of phenolic OH excluding ortho intramolecular Hbond substituents is 1. The highest BCUT2D eigenvalue weighted by Crippen LogP contribution is 2.42. The van der Waals surface area contributed by atoms with Gasteiger partial charge in [-0.1, -0.05) is 93.5 Å². The minimum absolute atomic E-state index is 0.0339. The standard InChI is InChI=1S/C43H52N2O4/c1-49-42-26-35-15-17-36(46)27-40(47)39-24-30(12-8-11-29-9-4-2-5-10-29)21-32(22-31-19-20-45-43(44)25-31)23-34(39)16-18-37(38(35)28-41(42)48)33-13-6-3-7-14-33/h3,6-7,13-14,19-20,25-26,28-30,32,34,37,39,48H,2,4-5,8-12,15,17,21-24,27H2,1H3,(H2,44,45). The first-order valence-electron chi connectivity index (χ1n) is 18.6. The molecule has 0 aliphatic heterocycles. The zero-order valence-electron chi connectivity index (χ0n) is 29.0. The number of ketones is 2. The summed E-state index contributed by atoms with van der Waals surface area (Å²) in [5.74, 6) is 9.11. The third-order valence-electron chi connectivity index (χ3n) is 11.4. The minimum atomic E-state index is -0.328. The van der Waals surface area contributed by atoms with Gasteiger partial charge in [0.1, 0.15) is 17.4 Å². The normalized spacial score (nSPS) is 25.0. The van der Waals surface area contributed by atoms with E-state index in [9.17, 15) is 14.7 Å². The number of ether oxygens (including phenoxy) is 1. The van der Waals surface area contributed by atoms with Crippen LogP contribution in [0.4, 0.5) is 5.82 Å². The van der Waals surface area contributed by atoms with Crippen LogP contribution in [0.3, 0.4) is 0 Å². The Morgan fingerprint density at radius 3 is 2.47 bits per heavy atom. The van der Waals surface area contributed by atoms with Crippen LogP contribution in [0.15, 0.2) is 60.8 Å². The molecule has 3 N–H and O–H groups in total. The lowest BCUT2D eigenvalue weighted by Gasteiger charge is -2.25. The summed E-state index contributed by atoms with van der Waals surface area (Å²) < 4.78 is 5.46. The van der Waals surface area contributed by atoms with Crippen molar-refractivity contribution in [2.24, 2.45) is 29.6 Å². The van der Waals surface area contributed by atoms with Gasteiger partial charge in [0.05, 0.1) is 19.4 Å². The summed E-state index contributed by atoms with van der Waals surface area (Å²) in [4.78, 5) is 31.9. The number of aryl methyl sites for hydroxylation is 1. The van der Waals surface area contributed by atoms with Gasteiger partial charge in [0.2, 0.25) is 0 Å². The van der Waals surface area contributed by atoms with Gasteiger partial charge in [-0.25, -0.2) is 4.98 Å². The van der Waals surface area contributed by atoms with Crippen molar-refractivity contribution in [1.29, 1.82) is 0 Å². The van der Waals surface area contributed by atoms with Crippen molar-refractivity contribution >= 4 is 17.4 Å². The number of pyridine rings is 1. The fourth-order valence-corrected chi connectivity index (χ4v) is 8.89. The smallest absolute Gasteiger partial charge is 0.160 e. The van der Waals surface area contributed by atoms with Crippen LogP contribution in [0.1, 0.15) is 112 Å². The zero-order chi connectivity index (χ0) is 34.2. The Hall–Kier alpha value is -4.11. The molecular formula is C43H52N2O4. The van der Waals surface area contributed by atoms with Crippen LogP contribution in [0.25, 0.3) is 0 Å². The van der Waals surface area contributed by atoms with E-state index in [-0.39, 0.29) is 47.9 Å². The van der Waals surface area contributed by atoms with E-state index in [2.05, 4.69) is 35.0 Å². The van der Waals surface area contributed by atoms with Crippen LogP contribution < -0.4 is 10.5 Å². The number of rotatable bonds is 8. The van der Waals surface area contributed by atoms with E-state index in [0.717, 1.165) is 54.7 Å². The summed E-state index contributed by atoms with van der Waals surface area (Å²) in [6, 6.07) is 17.7. The molecule has 5 atom stereocenters. The second-order valence-corrected chi connectivity index (χ2v) is 14.9. The number of phenols is 1.